The zero-order valence-corrected chi connectivity index (χ0v) is 12.3. The van der Waals surface area contributed by atoms with Crippen LogP contribution in [0, 0.1) is 0 Å². The van der Waals surface area contributed by atoms with Gasteiger partial charge in [0.2, 0.25) is 5.95 Å². The van der Waals surface area contributed by atoms with E-state index in [1.807, 2.05) is 30.3 Å². The molecule has 5 heteroatoms. The molecule has 1 heterocycles. The lowest BCUT2D eigenvalue weighted by Crippen LogP contribution is -2.00. The SMILES string of the molecule is Clc1ccc2nc(NCc3cccc(Br)c3)[nH]c2c1. The summed E-state index contributed by atoms with van der Waals surface area (Å²) >= 11 is 9.40. The number of halogens is 2. The van der Waals surface area contributed by atoms with Crippen LogP contribution >= 0.6 is 27.5 Å². The molecule has 2 N–H and O–H groups in total. The van der Waals surface area contributed by atoms with Crippen LogP contribution in [0.2, 0.25) is 5.02 Å². The summed E-state index contributed by atoms with van der Waals surface area (Å²) in [4.78, 5) is 7.66. The summed E-state index contributed by atoms with van der Waals surface area (Å²) in [5, 5.41) is 3.97. The van der Waals surface area contributed by atoms with Crippen LogP contribution in [0.4, 0.5) is 5.95 Å². The lowest BCUT2D eigenvalue weighted by Gasteiger charge is -2.03. The lowest BCUT2D eigenvalue weighted by molar-refractivity contribution is 1.10. The molecule has 1 aromatic heterocycles. The third-order valence-corrected chi connectivity index (χ3v) is 3.52. The molecule has 3 rings (SSSR count). The van der Waals surface area contributed by atoms with Crippen molar-refractivity contribution in [2.75, 3.05) is 5.32 Å². The van der Waals surface area contributed by atoms with Gasteiger partial charge in [0.1, 0.15) is 0 Å². The summed E-state index contributed by atoms with van der Waals surface area (Å²) < 4.78 is 1.07. The second kappa shape index (κ2) is 5.23. The maximum absolute atomic E-state index is 5.94. The molecule has 19 heavy (non-hydrogen) atoms. The highest BCUT2D eigenvalue weighted by atomic mass is 79.9. The number of nitrogens with one attached hydrogen (secondary N) is 2. The predicted molar refractivity (Wildman–Crippen MR) is 82.6 cm³/mol. The van der Waals surface area contributed by atoms with Crippen LogP contribution in [0.3, 0.4) is 0 Å². The monoisotopic (exact) mass is 335 g/mol. The first kappa shape index (κ1) is 12.5. The summed E-state index contributed by atoms with van der Waals surface area (Å²) in [6, 6.07) is 13.8. The topological polar surface area (TPSA) is 40.7 Å². The molecule has 0 bridgehead atoms. The number of nitrogens with zero attached hydrogens (tertiary/aromatic N) is 1. The van der Waals surface area contributed by atoms with E-state index >= 15 is 0 Å². The number of hydrogen-bond donors (Lipinski definition) is 2. The minimum absolute atomic E-state index is 0.703. The average Bonchev–Trinajstić information content (AvgIpc) is 2.78. The number of hydrogen-bond acceptors (Lipinski definition) is 2. The van der Waals surface area contributed by atoms with E-state index in [2.05, 4.69) is 43.3 Å². The number of anilines is 1. The maximum atomic E-state index is 5.94. The molecule has 0 aliphatic rings. The first-order valence-corrected chi connectivity index (χ1v) is 7.01. The Kier molecular flexibility index (Phi) is 3.44. The first-order chi connectivity index (χ1) is 9.20. The van der Waals surface area contributed by atoms with Crippen molar-refractivity contribution in [2.45, 2.75) is 6.54 Å². The van der Waals surface area contributed by atoms with E-state index in [1.54, 1.807) is 0 Å². The smallest absolute Gasteiger partial charge is 0.201 e. The van der Waals surface area contributed by atoms with Gasteiger partial charge in [0, 0.05) is 16.0 Å². The van der Waals surface area contributed by atoms with Gasteiger partial charge >= 0.3 is 0 Å². The van der Waals surface area contributed by atoms with Crippen molar-refractivity contribution in [2.24, 2.45) is 0 Å². The second-order valence-corrected chi connectivity index (χ2v) is 5.58. The molecule has 0 aliphatic carbocycles. The van der Waals surface area contributed by atoms with Crippen LogP contribution in [0.15, 0.2) is 46.9 Å². The number of aromatic nitrogens is 2. The van der Waals surface area contributed by atoms with Gasteiger partial charge in [-0.25, -0.2) is 4.98 Å². The van der Waals surface area contributed by atoms with Gasteiger partial charge in [0.25, 0.3) is 0 Å². The van der Waals surface area contributed by atoms with Crippen LogP contribution < -0.4 is 5.32 Å². The Labute approximate surface area is 124 Å². The van der Waals surface area contributed by atoms with Crippen molar-refractivity contribution in [3.8, 4) is 0 Å². The number of fused-ring (bicyclic) bond motifs is 1. The van der Waals surface area contributed by atoms with Gasteiger partial charge in [0.15, 0.2) is 0 Å². The van der Waals surface area contributed by atoms with Crippen molar-refractivity contribution < 1.29 is 0 Å². The van der Waals surface area contributed by atoms with E-state index in [9.17, 15) is 0 Å². The highest BCUT2D eigenvalue weighted by molar-refractivity contribution is 9.10. The zero-order chi connectivity index (χ0) is 13.2. The molecule has 0 saturated carbocycles. The number of rotatable bonds is 3. The summed E-state index contributed by atoms with van der Waals surface area (Å²) in [5.74, 6) is 0.747. The fourth-order valence-corrected chi connectivity index (χ4v) is 2.52. The van der Waals surface area contributed by atoms with E-state index in [-0.39, 0.29) is 0 Å². The van der Waals surface area contributed by atoms with E-state index in [4.69, 9.17) is 11.6 Å². The highest BCUT2D eigenvalue weighted by Gasteiger charge is 2.03. The molecule has 0 aliphatic heterocycles. The Balaban J connectivity index is 1.78. The van der Waals surface area contributed by atoms with E-state index in [0.717, 1.165) is 21.5 Å². The molecule has 0 spiro atoms. The third-order valence-electron chi connectivity index (χ3n) is 2.79. The van der Waals surface area contributed by atoms with Crippen molar-refractivity contribution >= 4 is 44.5 Å². The Morgan fingerprint density at radius 2 is 2.11 bits per heavy atom. The van der Waals surface area contributed by atoms with Crippen LogP contribution in [0.5, 0.6) is 0 Å². The fraction of sp³-hybridized carbons (Fsp3) is 0.0714. The van der Waals surface area contributed by atoms with Crippen molar-refractivity contribution in [1.82, 2.24) is 9.97 Å². The van der Waals surface area contributed by atoms with E-state index in [0.29, 0.717) is 11.6 Å². The van der Waals surface area contributed by atoms with E-state index in [1.165, 1.54) is 5.56 Å². The van der Waals surface area contributed by atoms with Crippen LogP contribution in [0.1, 0.15) is 5.56 Å². The van der Waals surface area contributed by atoms with Gasteiger partial charge < -0.3 is 10.3 Å². The lowest BCUT2D eigenvalue weighted by atomic mass is 10.2. The largest absolute Gasteiger partial charge is 0.352 e. The molecule has 0 saturated heterocycles. The highest BCUT2D eigenvalue weighted by Crippen LogP contribution is 2.19. The van der Waals surface area contributed by atoms with Gasteiger partial charge in [-0.1, -0.05) is 39.7 Å². The van der Waals surface area contributed by atoms with Gasteiger partial charge in [-0.2, -0.15) is 0 Å². The summed E-state index contributed by atoms with van der Waals surface area (Å²) in [5.41, 5.74) is 3.03. The minimum atomic E-state index is 0.703. The second-order valence-electron chi connectivity index (χ2n) is 4.23. The Bertz CT molecular complexity index is 724. The molecule has 0 atom stereocenters. The van der Waals surface area contributed by atoms with Crippen molar-refractivity contribution in [3.05, 3.63) is 57.5 Å². The van der Waals surface area contributed by atoms with Crippen LogP contribution in [-0.4, -0.2) is 9.97 Å². The minimum Gasteiger partial charge on any atom is -0.352 e. The van der Waals surface area contributed by atoms with Gasteiger partial charge in [-0.3, -0.25) is 0 Å². The van der Waals surface area contributed by atoms with E-state index < -0.39 is 0 Å². The number of benzene rings is 2. The molecule has 0 fully saturated rings. The molecule has 96 valence electrons. The van der Waals surface area contributed by atoms with Crippen molar-refractivity contribution in [1.29, 1.82) is 0 Å². The molecule has 3 aromatic rings. The Hall–Kier alpha value is -1.52. The average molecular weight is 337 g/mol. The normalized spacial score (nSPS) is 10.8. The quantitative estimate of drug-likeness (QED) is 0.734. The maximum Gasteiger partial charge on any atom is 0.201 e. The van der Waals surface area contributed by atoms with Gasteiger partial charge in [0.05, 0.1) is 11.0 Å². The summed E-state index contributed by atoms with van der Waals surface area (Å²) in [6.45, 7) is 0.715. The summed E-state index contributed by atoms with van der Waals surface area (Å²) in [7, 11) is 0. The molecule has 0 amide bonds. The van der Waals surface area contributed by atoms with Gasteiger partial charge in [-0.15, -0.1) is 0 Å². The fourth-order valence-electron chi connectivity index (χ4n) is 1.90. The van der Waals surface area contributed by atoms with Crippen molar-refractivity contribution in [3.63, 3.8) is 0 Å². The number of aromatic amines is 1. The predicted octanol–water partition coefficient (Wildman–Crippen LogP) is 4.59. The third kappa shape index (κ3) is 2.91. The molecule has 0 unspecified atom stereocenters. The molecular weight excluding hydrogens is 326 g/mol. The van der Waals surface area contributed by atoms with Gasteiger partial charge in [-0.05, 0) is 35.9 Å². The number of imidazole rings is 1. The molecule has 3 nitrogen and oxygen atoms in total. The molecule has 2 aromatic carbocycles. The summed E-state index contributed by atoms with van der Waals surface area (Å²) in [6.07, 6.45) is 0. The standard InChI is InChI=1S/C14H11BrClN3/c15-10-3-1-2-9(6-10)8-17-14-18-12-5-4-11(16)7-13(12)19-14/h1-7H,8H2,(H2,17,18,19). The van der Waals surface area contributed by atoms with Crippen LogP contribution in [0.25, 0.3) is 11.0 Å². The zero-order valence-electron chi connectivity index (χ0n) is 9.95. The first-order valence-electron chi connectivity index (χ1n) is 5.84. The molecule has 0 radical (unpaired) electrons. The molecular formula is C14H11BrClN3. The van der Waals surface area contributed by atoms with Crippen LogP contribution in [-0.2, 0) is 6.54 Å². The Morgan fingerprint density at radius 3 is 2.95 bits per heavy atom. The Morgan fingerprint density at radius 1 is 1.21 bits per heavy atom. The number of H-pyrrole nitrogens is 1.